The van der Waals surface area contributed by atoms with Crippen molar-refractivity contribution < 1.29 is 4.74 Å². The first-order chi connectivity index (χ1) is 8.35. The lowest BCUT2D eigenvalue weighted by molar-refractivity contribution is 0.128. The monoisotopic (exact) mass is 253 g/mol. The molecular weight excluding hydrogens is 234 g/mol. The zero-order chi connectivity index (χ0) is 12.1. The maximum atomic E-state index is 5.38. The van der Waals surface area contributed by atoms with Crippen LogP contribution in [0.3, 0.4) is 0 Å². The van der Waals surface area contributed by atoms with Crippen LogP contribution in [-0.2, 0) is 22.8 Å². The Hall–Kier alpha value is -0.810. The van der Waals surface area contributed by atoms with Crippen LogP contribution in [0.4, 0.5) is 5.82 Å². The molecule has 1 N–H and O–H groups in total. The Balaban J connectivity index is 2.19. The minimum absolute atomic E-state index is 0.509. The van der Waals surface area contributed by atoms with Crippen molar-refractivity contribution in [2.45, 2.75) is 38.4 Å². The van der Waals surface area contributed by atoms with Crippen LogP contribution in [0.2, 0.25) is 0 Å². The summed E-state index contributed by atoms with van der Waals surface area (Å²) in [7, 11) is 0. The highest BCUT2D eigenvalue weighted by Gasteiger charge is 2.19. The molecule has 0 atom stereocenters. The van der Waals surface area contributed by atoms with Crippen LogP contribution >= 0.6 is 11.8 Å². The molecule has 1 aromatic heterocycles. The van der Waals surface area contributed by atoms with E-state index in [0.29, 0.717) is 13.2 Å². The third-order valence-electron chi connectivity index (χ3n) is 2.60. The van der Waals surface area contributed by atoms with Gasteiger partial charge in [-0.3, -0.25) is 0 Å². The van der Waals surface area contributed by atoms with Gasteiger partial charge in [0.25, 0.3) is 0 Å². The van der Waals surface area contributed by atoms with E-state index in [-0.39, 0.29) is 0 Å². The molecule has 2 heterocycles. The van der Waals surface area contributed by atoms with Gasteiger partial charge in [-0.05, 0) is 13.3 Å². The number of fused-ring (bicyclic) bond motifs is 1. The Labute approximate surface area is 107 Å². The summed E-state index contributed by atoms with van der Waals surface area (Å²) in [5.41, 5.74) is 2.46. The number of nitrogens with one attached hydrogen (secondary N) is 1. The summed E-state index contributed by atoms with van der Waals surface area (Å²) >= 11 is 1.90. The molecule has 17 heavy (non-hydrogen) atoms. The summed E-state index contributed by atoms with van der Waals surface area (Å²) in [5.74, 6) is 3.83. The first kappa shape index (κ1) is 12.6. The summed E-state index contributed by atoms with van der Waals surface area (Å²) in [6.07, 6.45) is 1.10. The minimum atomic E-state index is 0.509. The average Bonchev–Trinajstić information content (AvgIpc) is 2.81. The third-order valence-corrected chi connectivity index (χ3v) is 3.57. The Bertz CT molecular complexity index is 384. The number of thioether (sulfide) groups is 1. The first-order valence-corrected chi connectivity index (χ1v) is 7.28. The van der Waals surface area contributed by atoms with Crippen molar-refractivity contribution >= 4 is 17.6 Å². The Kier molecular flexibility index (Phi) is 4.62. The Morgan fingerprint density at radius 1 is 1.29 bits per heavy atom. The van der Waals surface area contributed by atoms with Gasteiger partial charge < -0.3 is 10.1 Å². The van der Waals surface area contributed by atoms with Crippen molar-refractivity contribution in [2.75, 3.05) is 18.5 Å². The van der Waals surface area contributed by atoms with Crippen LogP contribution < -0.4 is 5.32 Å². The highest BCUT2D eigenvalue weighted by Crippen LogP contribution is 2.32. The molecule has 2 rings (SSSR count). The predicted molar refractivity (Wildman–Crippen MR) is 71.1 cm³/mol. The van der Waals surface area contributed by atoms with Gasteiger partial charge in [-0.1, -0.05) is 6.92 Å². The lowest BCUT2D eigenvalue weighted by Gasteiger charge is -2.11. The smallest absolute Gasteiger partial charge is 0.156 e. The standard InChI is InChI=1S/C12H19N3OS/c1-3-5-13-12-9-7-17-8-10(9)14-11(15-12)6-16-4-2/h3-8H2,1-2H3,(H,13,14,15). The van der Waals surface area contributed by atoms with Crippen LogP contribution in [0.1, 0.15) is 37.4 Å². The summed E-state index contributed by atoms with van der Waals surface area (Å²) < 4.78 is 5.38. The highest BCUT2D eigenvalue weighted by molar-refractivity contribution is 7.98. The van der Waals surface area contributed by atoms with Gasteiger partial charge in [0.15, 0.2) is 5.82 Å². The van der Waals surface area contributed by atoms with Gasteiger partial charge in [-0.25, -0.2) is 9.97 Å². The molecule has 0 saturated carbocycles. The van der Waals surface area contributed by atoms with E-state index in [2.05, 4.69) is 22.2 Å². The molecule has 0 bridgehead atoms. The first-order valence-electron chi connectivity index (χ1n) is 6.13. The summed E-state index contributed by atoms with van der Waals surface area (Å²) in [6.45, 7) is 6.31. The molecule has 94 valence electrons. The van der Waals surface area contributed by atoms with E-state index in [9.17, 15) is 0 Å². The van der Waals surface area contributed by atoms with Crippen molar-refractivity contribution in [1.29, 1.82) is 0 Å². The number of aromatic nitrogens is 2. The summed E-state index contributed by atoms with van der Waals surface area (Å²) in [5, 5.41) is 3.39. The van der Waals surface area contributed by atoms with Gasteiger partial charge in [0.1, 0.15) is 12.4 Å². The quantitative estimate of drug-likeness (QED) is 0.844. The number of nitrogens with zero attached hydrogens (tertiary/aromatic N) is 2. The number of hydrogen-bond acceptors (Lipinski definition) is 5. The molecule has 0 radical (unpaired) electrons. The maximum absolute atomic E-state index is 5.38. The van der Waals surface area contributed by atoms with E-state index >= 15 is 0 Å². The second kappa shape index (κ2) is 6.21. The molecule has 0 saturated heterocycles. The molecule has 0 amide bonds. The molecule has 0 aliphatic carbocycles. The van der Waals surface area contributed by atoms with Crippen molar-refractivity contribution in [2.24, 2.45) is 0 Å². The molecule has 5 heteroatoms. The van der Waals surface area contributed by atoms with Gasteiger partial charge >= 0.3 is 0 Å². The van der Waals surface area contributed by atoms with E-state index in [1.165, 1.54) is 11.3 Å². The fraction of sp³-hybridized carbons (Fsp3) is 0.667. The Morgan fingerprint density at radius 3 is 2.94 bits per heavy atom. The van der Waals surface area contributed by atoms with Gasteiger partial charge in [-0.2, -0.15) is 11.8 Å². The lowest BCUT2D eigenvalue weighted by Crippen LogP contribution is -2.10. The van der Waals surface area contributed by atoms with Crippen LogP contribution in [0.5, 0.6) is 0 Å². The van der Waals surface area contributed by atoms with E-state index in [1.54, 1.807) is 0 Å². The van der Waals surface area contributed by atoms with Crippen LogP contribution in [0.15, 0.2) is 0 Å². The molecule has 0 aromatic carbocycles. The van der Waals surface area contributed by atoms with Gasteiger partial charge in [-0.15, -0.1) is 0 Å². The second-order valence-corrected chi connectivity index (χ2v) is 4.96. The van der Waals surface area contributed by atoms with Crippen LogP contribution in [-0.4, -0.2) is 23.1 Å². The highest BCUT2D eigenvalue weighted by atomic mass is 32.2. The van der Waals surface area contributed by atoms with E-state index < -0.39 is 0 Å². The largest absolute Gasteiger partial charge is 0.374 e. The van der Waals surface area contributed by atoms with E-state index in [4.69, 9.17) is 4.74 Å². The normalized spacial score (nSPS) is 13.8. The molecule has 1 aliphatic heterocycles. The predicted octanol–water partition coefficient (Wildman–Crippen LogP) is 2.58. The zero-order valence-electron chi connectivity index (χ0n) is 10.5. The van der Waals surface area contributed by atoms with Gasteiger partial charge in [0, 0.05) is 30.2 Å². The molecule has 4 nitrogen and oxygen atoms in total. The molecule has 0 unspecified atom stereocenters. The lowest BCUT2D eigenvalue weighted by atomic mass is 10.2. The molecule has 1 aromatic rings. The van der Waals surface area contributed by atoms with Crippen molar-refractivity contribution in [3.8, 4) is 0 Å². The zero-order valence-corrected chi connectivity index (χ0v) is 11.3. The minimum Gasteiger partial charge on any atom is -0.374 e. The van der Waals surface area contributed by atoms with Crippen LogP contribution in [0, 0.1) is 0 Å². The van der Waals surface area contributed by atoms with E-state index in [1.807, 2.05) is 18.7 Å². The SMILES string of the molecule is CCCNc1nc(COCC)nc2c1CSC2. The number of anilines is 1. The number of rotatable bonds is 6. The summed E-state index contributed by atoms with van der Waals surface area (Å²) in [4.78, 5) is 9.12. The topological polar surface area (TPSA) is 47.0 Å². The molecule has 0 fully saturated rings. The Morgan fingerprint density at radius 2 is 2.18 bits per heavy atom. The van der Waals surface area contributed by atoms with Crippen molar-refractivity contribution in [3.63, 3.8) is 0 Å². The summed E-state index contributed by atoms with van der Waals surface area (Å²) in [6, 6.07) is 0. The second-order valence-electron chi connectivity index (χ2n) is 3.97. The molecular formula is C12H19N3OS. The van der Waals surface area contributed by atoms with Gasteiger partial charge in [0.05, 0.1) is 5.69 Å². The number of ether oxygens (including phenoxy) is 1. The third kappa shape index (κ3) is 3.10. The average molecular weight is 253 g/mol. The van der Waals surface area contributed by atoms with Crippen LogP contribution in [0.25, 0.3) is 0 Å². The number of hydrogen-bond donors (Lipinski definition) is 1. The molecule has 1 aliphatic rings. The van der Waals surface area contributed by atoms with E-state index in [0.717, 1.165) is 36.1 Å². The maximum Gasteiger partial charge on any atom is 0.156 e. The fourth-order valence-corrected chi connectivity index (χ4v) is 2.79. The van der Waals surface area contributed by atoms with Gasteiger partial charge in [0.2, 0.25) is 0 Å². The molecule has 0 spiro atoms. The van der Waals surface area contributed by atoms with Crippen molar-refractivity contribution in [3.05, 3.63) is 17.1 Å². The van der Waals surface area contributed by atoms with Crippen molar-refractivity contribution in [1.82, 2.24) is 9.97 Å². The fourth-order valence-electron chi connectivity index (χ4n) is 1.75.